The lowest BCUT2D eigenvalue weighted by Gasteiger charge is -2.21. The average Bonchev–Trinajstić information content (AvgIpc) is 2.80. The van der Waals surface area contributed by atoms with Crippen LogP contribution in [0.1, 0.15) is 26.5 Å². The molecule has 0 aliphatic heterocycles. The summed E-state index contributed by atoms with van der Waals surface area (Å²) in [6, 6.07) is 8.17. The minimum Gasteiger partial charge on any atom is -0.488 e. The standard InChI is InChI=1S/C17H15F4N3O/c1-16(2,3)25-11-6-4-10(5-7-11)24-14-12(22-15(24)18)8-9-13(23-14)17(19,20)21/h4-9H,1-3H3. The SMILES string of the molecule is CC(C)(C)Oc1ccc(-n2c(F)nc3ccc(C(F)(F)F)nc32)cc1. The third-order valence-electron chi connectivity index (χ3n) is 3.27. The Morgan fingerprint density at radius 1 is 0.920 bits per heavy atom. The molecule has 0 aliphatic carbocycles. The van der Waals surface area contributed by atoms with Crippen LogP contribution in [0.15, 0.2) is 36.4 Å². The van der Waals surface area contributed by atoms with Gasteiger partial charge in [0.2, 0.25) is 0 Å². The number of halogens is 4. The molecule has 4 nitrogen and oxygen atoms in total. The van der Waals surface area contributed by atoms with Gasteiger partial charge in [-0.1, -0.05) is 0 Å². The van der Waals surface area contributed by atoms with Crippen molar-refractivity contribution in [3.8, 4) is 11.4 Å². The van der Waals surface area contributed by atoms with Crippen molar-refractivity contribution in [2.75, 3.05) is 0 Å². The maximum atomic E-state index is 14.2. The quantitative estimate of drug-likeness (QED) is 0.624. The number of ether oxygens (including phenoxy) is 1. The van der Waals surface area contributed by atoms with Crippen molar-refractivity contribution in [3.05, 3.63) is 48.2 Å². The summed E-state index contributed by atoms with van der Waals surface area (Å²) in [5.74, 6) is 0.560. The highest BCUT2D eigenvalue weighted by Gasteiger charge is 2.33. The van der Waals surface area contributed by atoms with Crippen molar-refractivity contribution in [2.24, 2.45) is 0 Å². The summed E-state index contributed by atoms with van der Waals surface area (Å²) >= 11 is 0. The first-order chi connectivity index (χ1) is 11.5. The van der Waals surface area contributed by atoms with Crippen LogP contribution in [0.5, 0.6) is 5.75 Å². The second-order valence-corrected chi connectivity index (χ2v) is 6.46. The molecule has 0 amide bonds. The van der Waals surface area contributed by atoms with Crippen LogP contribution in [0.25, 0.3) is 16.9 Å². The number of fused-ring (bicyclic) bond motifs is 1. The largest absolute Gasteiger partial charge is 0.488 e. The van der Waals surface area contributed by atoms with E-state index in [0.29, 0.717) is 11.4 Å². The minimum absolute atomic E-state index is 0.0421. The van der Waals surface area contributed by atoms with E-state index in [9.17, 15) is 17.6 Å². The molecule has 2 heterocycles. The van der Waals surface area contributed by atoms with Crippen LogP contribution in [-0.4, -0.2) is 20.1 Å². The molecule has 0 fully saturated rings. The third-order valence-corrected chi connectivity index (χ3v) is 3.27. The molecule has 0 saturated heterocycles. The zero-order valence-electron chi connectivity index (χ0n) is 13.7. The first kappa shape index (κ1) is 17.2. The molecule has 25 heavy (non-hydrogen) atoms. The summed E-state index contributed by atoms with van der Waals surface area (Å²) in [7, 11) is 0. The molecule has 3 rings (SSSR count). The third kappa shape index (κ3) is 3.57. The lowest BCUT2D eigenvalue weighted by atomic mass is 10.2. The van der Waals surface area contributed by atoms with E-state index >= 15 is 0 Å². The Bertz CT molecular complexity index is 909. The second kappa shape index (κ2) is 5.72. The van der Waals surface area contributed by atoms with Crippen LogP contribution in [-0.2, 0) is 6.18 Å². The molecule has 8 heteroatoms. The maximum absolute atomic E-state index is 14.2. The van der Waals surface area contributed by atoms with Crippen molar-refractivity contribution in [1.29, 1.82) is 0 Å². The topological polar surface area (TPSA) is 39.9 Å². The van der Waals surface area contributed by atoms with Gasteiger partial charge in [-0.25, -0.2) is 9.97 Å². The summed E-state index contributed by atoms with van der Waals surface area (Å²) in [5.41, 5.74) is -1.36. The number of aromatic nitrogens is 3. The minimum atomic E-state index is -4.62. The predicted molar refractivity (Wildman–Crippen MR) is 84.2 cm³/mol. The molecule has 0 aliphatic rings. The molecule has 0 bridgehead atoms. The Morgan fingerprint density at radius 3 is 2.12 bits per heavy atom. The molecule has 0 radical (unpaired) electrons. The second-order valence-electron chi connectivity index (χ2n) is 6.46. The number of nitrogens with zero attached hydrogens (tertiary/aromatic N) is 3. The van der Waals surface area contributed by atoms with Gasteiger partial charge in [-0.2, -0.15) is 17.6 Å². The first-order valence-electron chi connectivity index (χ1n) is 7.46. The number of hydrogen-bond acceptors (Lipinski definition) is 3. The highest BCUT2D eigenvalue weighted by molar-refractivity contribution is 5.73. The smallest absolute Gasteiger partial charge is 0.433 e. The number of alkyl halides is 3. The van der Waals surface area contributed by atoms with Crippen molar-refractivity contribution in [1.82, 2.24) is 14.5 Å². The van der Waals surface area contributed by atoms with Crippen molar-refractivity contribution in [2.45, 2.75) is 32.5 Å². The lowest BCUT2D eigenvalue weighted by Crippen LogP contribution is -2.22. The van der Waals surface area contributed by atoms with Gasteiger partial charge in [0.25, 0.3) is 6.08 Å². The van der Waals surface area contributed by atoms with Crippen LogP contribution < -0.4 is 4.74 Å². The molecule has 132 valence electrons. The van der Waals surface area contributed by atoms with Crippen LogP contribution in [0.3, 0.4) is 0 Å². The summed E-state index contributed by atoms with van der Waals surface area (Å²) in [5, 5.41) is 0. The van der Waals surface area contributed by atoms with Crippen molar-refractivity contribution >= 4 is 11.2 Å². The summed E-state index contributed by atoms with van der Waals surface area (Å²) in [6.07, 6.45) is -5.56. The van der Waals surface area contributed by atoms with E-state index in [1.165, 1.54) is 12.1 Å². The van der Waals surface area contributed by atoms with Gasteiger partial charge in [-0.3, -0.25) is 4.57 Å². The van der Waals surface area contributed by atoms with Gasteiger partial charge in [0, 0.05) is 0 Å². The van der Waals surface area contributed by atoms with E-state index in [1.807, 2.05) is 20.8 Å². The number of benzene rings is 1. The van der Waals surface area contributed by atoms with E-state index in [0.717, 1.165) is 16.7 Å². The molecule has 3 aromatic rings. The Morgan fingerprint density at radius 2 is 1.56 bits per heavy atom. The zero-order valence-corrected chi connectivity index (χ0v) is 13.7. The average molecular weight is 353 g/mol. The van der Waals surface area contributed by atoms with Gasteiger partial charge in [0.05, 0.1) is 5.69 Å². The van der Waals surface area contributed by atoms with Gasteiger partial charge in [-0.15, -0.1) is 0 Å². The molecule has 0 atom stereocenters. The van der Waals surface area contributed by atoms with Gasteiger partial charge in [0.15, 0.2) is 5.65 Å². The molecule has 0 unspecified atom stereocenters. The monoisotopic (exact) mass is 353 g/mol. The Labute approximate surface area is 141 Å². The van der Waals surface area contributed by atoms with Crippen LogP contribution in [0.2, 0.25) is 0 Å². The van der Waals surface area contributed by atoms with Crippen molar-refractivity contribution < 1.29 is 22.3 Å². The van der Waals surface area contributed by atoms with Gasteiger partial charge < -0.3 is 4.74 Å². The molecule has 1 aromatic carbocycles. The number of imidazole rings is 1. The van der Waals surface area contributed by atoms with Gasteiger partial charge in [-0.05, 0) is 57.2 Å². The fourth-order valence-electron chi connectivity index (χ4n) is 2.33. The summed E-state index contributed by atoms with van der Waals surface area (Å²) < 4.78 is 59.4. The van der Waals surface area contributed by atoms with E-state index in [1.54, 1.807) is 12.1 Å². The molecule has 0 spiro atoms. The van der Waals surface area contributed by atoms with Crippen LogP contribution in [0.4, 0.5) is 17.6 Å². The molecule has 2 aromatic heterocycles. The number of rotatable bonds is 2. The molecular formula is C17H15F4N3O. The highest BCUT2D eigenvalue weighted by atomic mass is 19.4. The predicted octanol–water partition coefficient (Wildman–Crippen LogP) is 4.76. The van der Waals surface area contributed by atoms with Crippen LogP contribution in [0, 0.1) is 6.08 Å². The first-order valence-corrected chi connectivity index (χ1v) is 7.46. The van der Waals surface area contributed by atoms with Crippen molar-refractivity contribution in [3.63, 3.8) is 0 Å². The highest BCUT2D eigenvalue weighted by Crippen LogP contribution is 2.30. The van der Waals surface area contributed by atoms with Crippen LogP contribution >= 0.6 is 0 Å². The molecule has 0 saturated carbocycles. The van der Waals surface area contributed by atoms with Gasteiger partial charge in [0.1, 0.15) is 22.6 Å². The van der Waals surface area contributed by atoms with E-state index in [-0.39, 0.29) is 11.2 Å². The lowest BCUT2D eigenvalue weighted by molar-refractivity contribution is -0.141. The summed E-state index contributed by atoms with van der Waals surface area (Å²) in [4.78, 5) is 7.16. The fraction of sp³-hybridized carbons (Fsp3) is 0.294. The number of pyridine rings is 1. The Balaban J connectivity index is 2.07. The van der Waals surface area contributed by atoms with E-state index in [4.69, 9.17) is 4.74 Å². The van der Waals surface area contributed by atoms with E-state index in [2.05, 4.69) is 9.97 Å². The van der Waals surface area contributed by atoms with E-state index < -0.39 is 23.5 Å². The normalized spacial score (nSPS) is 12.6. The fourth-order valence-corrected chi connectivity index (χ4v) is 2.33. The number of hydrogen-bond donors (Lipinski definition) is 0. The molecular weight excluding hydrogens is 338 g/mol. The maximum Gasteiger partial charge on any atom is 0.433 e. The Kier molecular flexibility index (Phi) is 3.93. The molecule has 0 N–H and O–H groups in total. The van der Waals surface area contributed by atoms with Gasteiger partial charge >= 0.3 is 6.18 Å². The summed E-state index contributed by atoms with van der Waals surface area (Å²) in [6.45, 7) is 5.64. The zero-order chi connectivity index (χ0) is 18.4. The Hall–Kier alpha value is -2.64.